The first kappa shape index (κ1) is 19.8. The van der Waals surface area contributed by atoms with E-state index in [0.29, 0.717) is 22.6 Å². The van der Waals surface area contributed by atoms with Crippen LogP contribution >= 0.6 is 0 Å². The van der Waals surface area contributed by atoms with E-state index in [1.165, 1.54) is 30.3 Å². The van der Waals surface area contributed by atoms with Crippen LogP contribution in [0.1, 0.15) is 27.0 Å². The Morgan fingerprint density at radius 3 is 2.45 bits per heavy atom. The van der Waals surface area contributed by atoms with Crippen LogP contribution in [0.25, 0.3) is 6.08 Å². The van der Waals surface area contributed by atoms with Gasteiger partial charge in [-0.05, 0) is 72.3 Å². The minimum Gasteiger partial charge on any atom is -0.496 e. The van der Waals surface area contributed by atoms with Gasteiger partial charge in [-0.2, -0.15) is 5.26 Å². The van der Waals surface area contributed by atoms with Crippen molar-refractivity contribution >= 4 is 11.9 Å². The SMILES string of the molecule is COc1ccc(/C=C/C(=O)c2ccc(F)cc2)cc1COc1ccc(C#N)cc1. The molecule has 0 aliphatic carbocycles. The van der Waals surface area contributed by atoms with Crippen molar-refractivity contribution in [2.24, 2.45) is 0 Å². The molecule has 144 valence electrons. The molecule has 0 unspecified atom stereocenters. The van der Waals surface area contributed by atoms with Gasteiger partial charge in [-0.1, -0.05) is 12.1 Å². The van der Waals surface area contributed by atoms with Crippen LogP contribution in [-0.4, -0.2) is 12.9 Å². The number of halogens is 1. The van der Waals surface area contributed by atoms with E-state index >= 15 is 0 Å². The Bertz CT molecular complexity index is 1060. The first-order chi connectivity index (χ1) is 14.1. The topological polar surface area (TPSA) is 59.3 Å². The van der Waals surface area contributed by atoms with Crippen molar-refractivity contribution in [3.05, 3.63) is 101 Å². The van der Waals surface area contributed by atoms with E-state index < -0.39 is 0 Å². The van der Waals surface area contributed by atoms with Gasteiger partial charge < -0.3 is 9.47 Å². The summed E-state index contributed by atoms with van der Waals surface area (Å²) in [5, 5.41) is 8.86. The number of ether oxygens (including phenoxy) is 2. The smallest absolute Gasteiger partial charge is 0.185 e. The zero-order valence-corrected chi connectivity index (χ0v) is 15.8. The fourth-order valence-corrected chi connectivity index (χ4v) is 2.68. The van der Waals surface area contributed by atoms with Crippen LogP contribution in [0, 0.1) is 17.1 Å². The van der Waals surface area contributed by atoms with E-state index in [2.05, 4.69) is 6.07 Å². The molecule has 0 N–H and O–H groups in total. The van der Waals surface area contributed by atoms with Crippen LogP contribution in [0.2, 0.25) is 0 Å². The highest BCUT2D eigenvalue weighted by Gasteiger charge is 2.06. The summed E-state index contributed by atoms with van der Waals surface area (Å²) in [6.07, 6.45) is 3.14. The molecule has 5 heteroatoms. The number of allylic oxidation sites excluding steroid dienone is 1. The molecule has 0 atom stereocenters. The molecule has 0 fully saturated rings. The van der Waals surface area contributed by atoms with Gasteiger partial charge in [0.25, 0.3) is 0 Å². The second-order valence-electron chi connectivity index (χ2n) is 6.20. The Morgan fingerprint density at radius 1 is 1.07 bits per heavy atom. The maximum Gasteiger partial charge on any atom is 0.185 e. The summed E-state index contributed by atoms with van der Waals surface area (Å²) in [4.78, 5) is 12.2. The Kier molecular flexibility index (Phi) is 6.39. The third-order valence-electron chi connectivity index (χ3n) is 4.24. The number of nitriles is 1. The summed E-state index contributed by atoms with van der Waals surface area (Å²) in [5.74, 6) is 0.711. The molecule has 0 saturated carbocycles. The predicted molar refractivity (Wildman–Crippen MR) is 108 cm³/mol. The molecule has 29 heavy (non-hydrogen) atoms. The second-order valence-corrected chi connectivity index (χ2v) is 6.20. The largest absolute Gasteiger partial charge is 0.496 e. The van der Waals surface area contributed by atoms with E-state index in [1.807, 2.05) is 12.1 Å². The average Bonchev–Trinajstić information content (AvgIpc) is 2.77. The van der Waals surface area contributed by atoms with Crippen molar-refractivity contribution in [3.8, 4) is 17.6 Å². The van der Waals surface area contributed by atoms with E-state index in [1.54, 1.807) is 43.5 Å². The molecule has 0 spiro atoms. The lowest BCUT2D eigenvalue weighted by molar-refractivity contribution is 0.104. The number of carbonyl (C=O) groups excluding carboxylic acids is 1. The lowest BCUT2D eigenvalue weighted by Crippen LogP contribution is -1.99. The van der Waals surface area contributed by atoms with E-state index in [4.69, 9.17) is 14.7 Å². The van der Waals surface area contributed by atoms with Crippen LogP contribution in [0.15, 0.2) is 72.8 Å². The number of nitrogens with zero attached hydrogens (tertiary/aromatic N) is 1. The van der Waals surface area contributed by atoms with Gasteiger partial charge >= 0.3 is 0 Å². The van der Waals surface area contributed by atoms with Crippen molar-refractivity contribution < 1.29 is 18.7 Å². The maximum absolute atomic E-state index is 13.0. The first-order valence-electron chi connectivity index (χ1n) is 8.87. The molecule has 0 aromatic heterocycles. The Labute approximate surface area is 168 Å². The van der Waals surface area contributed by atoms with Gasteiger partial charge in [0, 0.05) is 11.1 Å². The van der Waals surface area contributed by atoms with Gasteiger partial charge in [-0.25, -0.2) is 4.39 Å². The van der Waals surface area contributed by atoms with Crippen molar-refractivity contribution in [1.82, 2.24) is 0 Å². The molecule has 0 heterocycles. The summed E-state index contributed by atoms with van der Waals surface area (Å²) in [5.41, 5.74) is 2.60. The van der Waals surface area contributed by atoms with Crippen LogP contribution in [0.4, 0.5) is 4.39 Å². The quantitative estimate of drug-likeness (QED) is 0.414. The van der Waals surface area contributed by atoms with Crippen molar-refractivity contribution in [2.75, 3.05) is 7.11 Å². The minimum atomic E-state index is -0.382. The fraction of sp³-hybridized carbons (Fsp3) is 0.0833. The molecule has 0 amide bonds. The summed E-state index contributed by atoms with van der Waals surface area (Å²) >= 11 is 0. The van der Waals surface area contributed by atoms with Crippen LogP contribution < -0.4 is 9.47 Å². The number of hydrogen-bond donors (Lipinski definition) is 0. The lowest BCUT2D eigenvalue weighted by atomic mass is 10.1. The van der Waals surface area contributed by atoms with Gasteiger partial charge in [-0.15, -0.1) is 0 Å². The standard InChI is InChI=1S/C24H18FNO3/c1-28-24-13-5-17(4-12-23(27)19-6-8-21(25)9-7-19)14-20(24)16-29-22-10-2-18(15-26)3-11-22/h2-14H,16H2,1H3/b12-4+. The summed E-state index contributed by atoms with van der Waals surface area (Å²) in [7, 11) is 1.58. The monoisotopic (exact) mass is 387 g/mol. The normalized spacial score (nSPS) is 10.5. The minimum absolute atomic E-state index is 0.212. The number of carbonyl (C=O) groups is 1. The number of benzene rings is 3. The van der Waals surface area contributed by atoms with Crippen LogP contribution in [0.5, 0.6) is 11.5 Å². The molecular weight excluding hydrogens is 369 g/mol. The summed E-state index contributed by atoms with van der Waals surface area (Å²) in [6.45, 7) is 0.267. The van der Waals surface area contributed by atoms with Crippen LogP contribution in [-0.2, 0) is 6.61 Å². The number of ketones is 1. The van der Waals surface area contributed by atoms with Gasteiger partial charge in [-0.3, -0.25) is 4.79 Å². The van der Waals surface area contributed by atoms with Crippen molar-refractivity contribution in [2.45, 2.75) is 6.61 Å². The van der Waals surface area contributed by atoms with Crippen LogP contribution in [0.3, 0.4) is 0 Å². The van der Waals surface area contributed by atoms with E-state index in [9.17, 15) is 9.18 Å². The fourth-order valence-electron chi connectivity index (χ4n) is 2.68. The number of hydrogen-bond acceptors (Lipinski definition) is 4. The third kappa shape index (κ3) is 5.30. The molecule has 0 aliphatic rings. The highest BCUT2D eigenvalue weighted by atomic mass is 19.1. The molecule has 3 rings (SSSR count). The van der Waals surface area contributed by atoms with Crippen molar-refractivity contribution in [1.29, 1.82) is 5.26 Å². The van der Waals surface area contributed by atoms with E-state index in [0.717, 1.165) is 11.1 Å². The lowest BCUT2D eigenvalue weighted by Gasteiger charge is -2.11. The molecule has 3 aromatic rings. The van der Waals surface area contributed by atoms with E-state index in [-0.39, 0.29) is 18.2 Å². The van der Waals surface area contributed by atoms with Crippen molar-refractivity contribution in [3.63, 3.8) is 0 Å². The second kappa shape index (κ2) is 9.34. The van der Waals surface area contributed by atoms with Gasteiger partial charge in [0.1, 0.15) is 23.9 Å². The molecule has 0 aliphatic heterocycles. The zero-order valence-electron chi connectivity index (χ0n) is 15.8. The maximum atomic E-state index is 13.0. The number of rotatable bonds is 7. The first-order valence-corrected chi connectivity index (χ1v) is 8.87. The summed E-state index contributed by atoms with van der Waals surface area (Å²) in [6, 6.07) is 19.8. The molecule has 0 saturated heterocycles. The van der Waals surface area contributed by atoms with Gasteiger partial charge in [0.05, 0.1) is 18.7 Å². The average molecular weight is 387 g/mol. The molecule has 3 aromatic carbocycles. The zero-order chi connectivity index (χ0) is 20.6. The number of methoxy groups -OCH3 is 1. The third-order valence-corrected chi connectivity index (χ3v) is 4.24. The summed E-state index contributed by atoms with van der Waals surface area (Å²) < 4.78 is 24.1. The Morgan fingerprint density at radius 2 is 1.79 bits per heavy atom. The van der Waals surface area contributed by atoms with Gasteiger partial charge in [0.15, 0.2) is 5.78 Å². The Balaban J connectivity index is 1.72. The van der Waals surface area contributed by atoms with Gasteiger partial charge in [0.2, 0.25) is 0 Å². The molecule has 0 radical (unpaired) electrons. The molecular formula is C24H18FNO3. The molecule has 0 bridgehead atoms. The highest BCUT2D eigenvalue weighted by Crippen LogP contribution is 2.23. The Hall–Kier alpha value is -3.91. The predicted octanol–water partition coefficient (Wildman–Crippen LogP) is 5.18. The highest BCUT2D eigenvalue weighted by molar-refractivity contribution is 6.06. The molecule has 4 nitrogen and oxygen atoms in total.